The van der Waals surface area contributed by atoms with Crippen molar-refractivity contribution in [2.45, 2.75) is 19.4 Å². The average molecular weight is 291 g/mol. The zero-order valence-corrected chi connectivity index (χ0v) is 12.5. The van der Waals surface area contributed by atoms with Gasteiger partial charge in [0.2, 0.25) is 0 Å². The first-order chi connectivity index (χ1) is 9.58. The van der Waals surface area contributed by atoms with E-state index in [-0.39, 0.29) is 24.1 Å². The predicted octanol–water partition coefficient (Wildman–Crippen LogP) is 3.69. The Bertz CT molecular complexity index is 568. The minimum Gasteiger partial charge on any atom is -0.298 e. The summed E-state index contributed by atoms with van der Waals surface area (Å²) in [7, 11) is 1.92. The molecule has 1 unspecified atom stereocenters. The summed E-state index contributed by atoms with van der Waals surface area (Å²) in [5, 5.41) is 2.03. The van der Waals surface area contributed by atoms with Gasteiger partial charge in [0.1, 0.15) is 5.82 Å². The highest BCUT2D eigenvalue weighted by Crippen LogP contribution is 2.23. The number of ketones is 1. The SMILES string of the molecule is CC(c1cccs1)N(C)CC(=O)Cc1ccccc1F. The van der Waals surface area contributed by atoms with Gasteiger partial charge in [0.05, 0.1) is 6.54 Å². The lowest BCUT2D eigenvalue weighted by Gasteiger charge is -2.23. The van der Waals surface area contributed by atoms with Crippen molar-refractivity contribution in [2.24, 2.45) is 0 Å². The number of thiophene rings is 1. The number of carbonyl (C=O) groups excluding carboxylic acids is 1. The lowest BCUT2D eigenvalue weighted by Crippen LogP contribution is -2.29. The van der Waals surface area contributed by atoms with Gasteiger partial charge >= 0.3 is 0 Å². The minimum absolute atomic E-state index is 0.0287. The molecule has 0 saturated carbocycles. The second-order valence-corrected chi connectivity index (χ2v) is 5.89. The van der Waals surface area contributed by atoms with Gasteiger partial charge in [0.25, 0.3) is 0 Å². The summed E-state index contributed by atoms with van der Waals surface area (Å²) >= 11 is 1.68. The van der Waals surface area contributed by atoms with Crippen LogP contribution >= 0.6 is 11.3 Å². The van der Waals surface area contributed by atoms with Gasteiger partial charge in [0.15, 0.2) is 5.78 Å². The lowest BCUT2D eigenvalue weighted by molar-refractivity contribution is -0.119. The van der Waals surface area contributed by atoms with Crippen molar-refractivity contribution in [3.05, 3.63) is 58.0 Å². The number of Topliss-reactive ketones (excluding diaryl/α,β-unsaturated/α-hetero) is 1. The summed E-state index contributed by atoms with van der Waals surface area (Å²) in [6.07, 6.45) is 0.147. The third-order valence-corrected chi connectivity index (χ3v) is 4.43. The van der Waals surface area contributed by atoms with Crippen LogP contribution in [0.1, 0.15) is 23.4 Å². The van der Waals surface area contributed by atoms with E-state index in [9.17, 15) is 9.18 Å². The van der Waals surface area contributed by atoms with E-state index in [2.05, 4.69) is 13.0 Å². The van der Waals surface area contributed by atoms with Gasteiger partial charge in [-0.1, -0.05) is 24.3 Å². The van der Waals surface area contributed by atoms with Crippen LogP contribution in [-0.4, -0.2) is 24.3 Å². The molecule has 0 aliphatic rings. The van der Waals surface area contributed by atoms with Gasteiger partial charge in [-0.3, -0.25) is 9.69 Å². The number of likely N-dealkylation sites (N-methyl/N-ethyl adjacent to an activating group) is 1. The Morgan fingerprint density at radius 1 is 1.30 bits per heavy atom. The van der Waals surface area contributed by atoms with Gasteiger partial charge in [-0.05, 0) is 37.0 Å². The van der Waals surface area contributed by atoms with E-state index in [1.165, 1.54) is 10.9 Å². The highest BCUT2D eigenvalue weighted by molar-refractivity contribution is 7.10. The molecular formula is C16H18FNOS. The van der Waals surface area contributed by atoms with Gasteiger partial charge < -0.3 is 0 Å². The molecular weight excluding hydrogens is 273 g/mol. The topological polar surface area (TPSA) is 20.3 Å². The third-order valence-electron chi connectivity index (χ3n) is 3.39. The molecule has 1 aromatic carbocycles. The Morgan fingerprint density at radius 2 is 2.05 bits per heavy atom. The van der Waals surface area contributed by atoms with E-state index in [0.29, 0.717) is 12.1 Å². The van der Waals surface area contributed by atoms with Gasteiger partial charge in [-0.2, -0.15) is 0 Å². The molecule has 0 bridgehead atoms. The van der Waals surface area contributed by atoms with Crippen LogP contribution in [0.25, 0.3) is 0 Å². The van der Waals surface area contributed by atoms with Gasteiger partial charge in [0, 0.05) is 17.3 Å². The van der Waals surface area contributed by atoms with Crippen molar-refractivity contribution in [3.63, 3.8) is 0 Å². The molecule has 0 fully saturated rings. The molecule has 0 amide bonds. The van der Waals surface area contributed by atoms with Crippen molar-refractivity contribution < 1.29 is 9.18 Å². The molecule has 2 nitrogen and oxygen atoms in total. The number of rotatable bonds is 6. The number of benzene rings is 1. The van der Waals surface area contributed by atoms with Crippen molar-refractivity contribution in [3.8, 4) is 0 Å². The summed E-state index contributed by atoms with van der Waals surface area (Å²) < 4.78 is 13.5. The first-order valence-electron chi connectivity index (χ1n) is 6.56. The Labute approximate surface area is 122 Å². The highest BCUT2D eigenvalue weighted by Gasteiger charge is 2.16. The molecule has 0 aliphatic carbocycles. The molecule has 20 heavy (non-hydrogen) atoms. The smallest absolute Gasteiger partial charge is 0.151 e. The molecule has 2 rings (SSSR count). The molecule has 2 aromatic rings. The van der Waals surface area contributed by atoms with Crippen molar-refractivity contribution >= 4 is 17.1 Å². The van der Waals surface area contributed by atoms with E-state index in [4.69, 9.17) is 0 Å². The summed E-state index contributed by atoms with van der Waals surface area (Å²) in [5.74, 6) is -0.282. The van der Waals surface area contributed by atoms with Gasteiger partial charge in [-0.25, -0.2) is 4.39 Å². The second kappa shape index (κ2) is 6.77. The zero-order valence-electron chi connectivity index (χ0n) is 11.7. The van der Waals surface area contributed by atoms with E-state index in [1.807, 2.05) is 23.4 Å². The Kier molecular flexibility index (Phi) is 5.04. The number of halogens is 1. The third kappa shape index (κ3) is 3.74. The molecule has 1 aromatic heterocycles. The van der Waals surface area contributed by atoms with Crippen LogP contribution in [0.3, 0.4) is 0 Å². The van der Waals surface area contributed by atoms with Crippen LogP contribution < -0.4 is 0 Å². The monoisotopic (exact) mass is 291 g/mol. The number of hydrogen-bond acceptors (Lipinski definition) is 3. The molecule has 0 N–H and O–H groups in total. The molecule has 1 heterocycles. The summed E-state index contributed by atoms with van der Waals surface area (Å²) in [5.41, 5.74) is 0.467. The van der Waals surface area contributed by atoms with E-state index >= 15 is 0 Å². The molecule has 4 heteroatoms. The van der Waals surface area contributed by atoms with Crippen LogP contribution in [0, 0.1) is 5.82 Å². The Morgan fingerprint density at radius 3 is 2.70 bits per heavy atom. The maximum Gasteiger partial charge on any atom is 0.151 e. The quantitative estimate of drug-likeness (QED) is 0.809. The minimum atomic E-state index is -0.310. The van der Waals surface area contributed by atoms with Crippen molar-refractivity contribution in [1.29, 1.82) is 0 Å². The summed E-state index contributed by atoms with van der Waals surface area (Å²) in [6, 6.07) is 10.7. The van der Waals surface area contributed by atoms with E-state index in [1.54, 1.807) is 29.5 Å². The van der Waals surface area contributed by atoms with Crippen LogP contribution in [0.15, 0.2) is 41.8 Å². The molecule has 0 saturated heterocycles. The molecule has 0 spiro atoms. The summed E-state index contributed by atoms with van der Waals surface area (Å²) in [6.45, 7) is 2.40. The summed E-state index contributed by atoms with van der Waals surface area (Å²) in [4.78, 5) is 15.3. The Balaban J connectivity index is 1.93. The highest BCUT2D eigenvalue weighted by atomic mass is 32.1. The first-order valence-corrected chi connectivity index (χ1v) is 7.44. The van der Waals surface area contributed by atoms with Crippen molar-refractivity contribution in [2.75, 3.05) is 13.6 Å². The normalized spacial score (nSPS) is 12.6. The lowest BCUT2D eigenvalue weighted by atomic mass is 10.1. The van der Waals surface area contributed by atoms with E-state index < -0.39 is 0 Å². The van der Waals surface area contributed by atoms with Gasteiger partial charge in [-0.15, -0.1) is 11.3 Å². The average Bonchev–Trinajstić information content (AvgIpc) is 2.94. The standard InChI is InChI=1S/C16H18FNOS/c1-12(16-8-5-9-20-16)18(2)11-14(19)10-13-6-3-4-7-15(13)17/h3-9,12H,10-11H2,1-2H3. The first kappa shape index (κ1) is 14.9. The molecule has 0 radical (unpaired) electrons. The molecule has 1 atom stereocenters. The molecule has 106 valence electrons. The largest absolute Gasteiger partial charge is 0.298 e. The fourth-order valence-corrected chi connectivity index (χ4v) is 2.92. The fraction of sp³-hybridized carbons (Fsp3) is 0.312. The maximum absolute atomic E-state index is 13.5. The molecule has 0 aliphatic heterocycles. The number of hydrogen-bond donors (Lipinski definition) is 0. The second-order valence-electron chi connectivity index (χ2n) is 4.91. The predicted molar refractivity (Wildman–Crippen MR) is 80.5 cm³/mol. The van der Waals surface area contributed by atoms with Crippen LogP contribution in [0.5, 0.6) is 0 Å². The van der Waals surface area contributed by atoms with Crippen LogP contribution in [0.4, 0.5) is 4.39 Å². The van der Waals surface area contributed by atoms with Crippen molar-refractivity contribution in [1.82, 2.24) is 4.90 Å². The van der Waals surface area contributed by atoms with E-state index in [0.717, 1.165) is 0 Å². The number of nitrogens with zero attached hydrogens (tertiary/aromatic N) is 1. The fourth-order valence-electron chi connectivity index (χ4n) is 2.07. The zero-order chi connectivity index (χ0) is 14.5. The van der Waals surface area contributed by atoms with Crippen LogP contribution in [0.2, 0.25) is 0 Å². The maximum atomic E-state index is 13.5. The number of carbonyl (C=O) groups is 1. The van der Waals surface area contributed by atoms with Crippen LogP contribution in [-0.2, 0) is 11.2 Å². The Hall–Kier alpha value is -1.52.